The molecule has 4 atom stereocenters. The van der Waals surface area contributed by atoms with Gasteiger partial charge in [0.15, 0.2) is 5.82 Å². The topological polar surface area (TPSA) is 73.8 Å². The number of anilines is 1. The molecule has 7 nitrogen and oxygen atoms in total. The van der Waals surface area contributed by atoms with E-state index < -0.39 is 35.3 Å². The summed E-state index contributed by atoms with van der Waals surface area (Å²) in [6, 6.07) is 6.22. The molecule has 4 fully saturated rings. The quantitative estimate of drug-likeness (QED) is 0.175. The summed E-state index contributed by atoms with van der Waals surface area (Å²) in [6.07, 6.45) is 4.70. The maximum Gasteiger partial charge on any atom is 0.319 e. The van der Waals surface area contributed by atoms with Gasteiger partial charge in [-0.05, 0) is 67.4 Å². The van der Waals surface area contributed by atoms with Crippen LogP contribution in [0.2, 0.25) is 5.02 Å². The lowest BCUT2D eigenvalue weighted by atomic mass is 9.92. The van der Waals surface area contributed by atoms with Gasteiger partial charge in [-0.25, -0.2) is 22.0 Å². The van der Waals surface area contributed by atoms with Crippen molar-refractivity contribution in [2.45, 2.75) is 61.8 Å². The standard InChI is InChI=1S/C35H31ClF5N5O2/c1-2-22-26(38)5-4-18-10-21(47)11-23(27(18)22)28-25(36)12-24-30(29(28)39)42-33(48-17-34-7-3-9-46(34)14-19(37)13-34)43-31(24)45-15-20-6-8-35(16-45,44-20)32(40)41/h1,4-5,10-12,19-20,32,44,47H,3,6-9,13-17H2/t19-,20-,34+,35+/m1/s1. The highest BCUT2D eigenvalue weighted by atomic mass is 35.5. The Hall–Kier alpha value is -3.92. The van der Waals surface area contributed by atoms with Crippen LogP contribution in [0.4, 0.5) is 27.8 Å². The molecule has 250 valence electrons. The fourth-order valence-corrected chi connectivity index (χ4v) is 8.73. The number of aromatic nitrogens is 2. The highest BCUT2D eigenvalue weighted by Gasteiger charge is 2.52. The summed E-state index contributed by atoms with van der Waals surface area (Å²) in [5, 5.41) is 14.2. The molecule has 4 saturated heterocycles. The van der Waals surface area contributed by atoms with Gasteiger partial charge in [-0.3, -0.25) is 4.90 Å². The number of alkyl halides is 3. The second-order valence-electron chi connectivity index (χ2n) is 13.5. The molecule has 0 saturated carbocycles. The number of piperazine rings is 1. The fourth-order valence-electron chi connectivity index (χ4n) is 8.44. The number of hydrogen-bond donors (Lipinski definition) is 2. The van der Waals surface area contributed by atoms with E-state index >= 15 is 4.39 Å². The number of ether oxygens (including phenoxy) is 1. The predicted octanol–water partition coefficient (Wildman–Crippen LogP) is 6.60. The van der Waals surface area contributed by atoms with Crippen molar-refractivity contribution in [1.82, 2.24) is 20.2 Å². The molecule has 8 rings (SSSR count). The van der Waals surface area contributed by atoms with Crippen molar-refractivity contribution in [3.8, 4) is 35.2 Å². The second-order valence-corrected chi connectivity index (χ2v) is 13.9. The molecule has 5 heterocycles. The van der Waals surface area contributed by atoms with Crippen LogP contribution in [-0.2, 0) is 0 Å². The third-order valence-corrected chi connectivity index (χ3v) is 10.9. The Bertz CT molecular complexity index is 2030. The van der Waals surface area contributed by atoms with Crippen molar-refractivity contribution in [3.63, 3.8) is 0 Å². The van der Waals surface area contributed by atoms with Crippen LogP contribution in [-0.4, -0.2) is 82.5 Å². The minimum atomic E-state index is -2.66. The van der Waals surface area contributed by atoms with Crippen LogP contribution in [0.25, 0.3) is 32.8 Å². The van der Waals surface area contributed by atoms with E-state index in [2.05, 4.69) is 26.1 Å². The summed E-state index contributed by atoms with van der Waals surface area (Å²) in [6.45, 7) is 1.33. The second kappa shape index (κ2) is 11.3. The highest BCUT2D eigenvalue weighted by molar-refractivity contribution is 6.35. The molecular formula is C35H31ClF5N5O2. The number of nitrogens with one attached hydrogen (secondary N) is 1. The molecule has 3 aromatic carbocycles. The Kier molecular flexibility index (Phi) is 7.40. The molecule has 0 unspecified atom stereocenters. The lowest BCUT2D eigenvalue weighted by Gasteiger charge is -2.41. The lowest BCUT2D eigenvalue weighted by Crippen LogP contribution is -2.63. The molecule has 1 aromatic heterocycles. The zero-order valence-electron chi connectivity index (χ0n) is 25.7. The molecular weight excluding hydrogens is 653 g/mol. The van der Waals surface area contributed by atoms with E-state index in [1.807, 2.05) is 0 Å². The summed E-state index contributed by atoms with van der Waals surface area (Å²) in [4.78, 5) is 12.9. The number of rotatable bonds is 6. The first kappa shape index (κ1) is 31.4. The van der Waals surface area contributed by atoms with Gasteiger partial charge in [-0.1, -0.05) is 23.6 Å². The first-order valence-electron chi connectivity index (χ1n) is 16.0. The van der Waals surface area contributed by atoms with Gasteiger partial charge in [-0.2, -0.15) is 9.97 Å². The molecule has 48 heavy (non-hydrogen) atoms. The minimum Gasteiger partial charge on any atom is -0.508 e. The predicted molar refractivity (Wildman–Crippen MR) is 173 cm³/mol. The molecule has 0 amide bonds. The van der Waals surface area contributed by atoms with Crippen molar-refractivity contribution in [2.75, 3.05) is 37.7 Å². The SMILES string of the molecule is C#Cc1c(F)ccc2cc(O)cc(-c3c(Cl)cc4c(N5C[C@H]6CC[C@@](C(F)F)(C5)N6)nc(OC[C@@]56CCCN5C[C@H](F)C6)nc4c3F)c12. The van der Waals surface area contributed by atoms with E-state index in [0.717, 1.165) is 25.5 Å². The molecule has 2 N–H and O–H groups in total. The summed E-state index contributed by atoms with van der Waals surface area (Å²) < 4.78 is 81.5. The Morgan fingerprint density at radius 3 is 2.79 bits per heavy atom. The maximum absolute atomic E-state index is 17.0. The third kappa shape index (κ3) is 4.84. The van der Waals surface area contributed by atoms with Gasteiger partial charge >= 0.3 is 6.01 Å². The van der Waals surface area contributed by atoms with Crippen LogP contribution in [0.15, 0.2) is 30.3 Å². The first-order valence-corrected chi connectivity index (χ1v) is 16.3. The van der Waals surface area contributed by atoms with Gasteiger partial charge in [0, 0.05) is 48.4 Å². The molecule has 0 spiro atoms. The monoisotopic (exact) mass is 683 g/mol. The van der Waals surface area contributed by atoms with E-state index in [1.165, 1.54) is 24.3 Å². The minimum absolute atomic E-state index is 0.0433. The third-order valence-electron chi connectivity index (χ3n) is 10.6. The number of phenolic OH excluding ortho intramolecular Hbond substituents is 1. The Morgan fingerprint density at radius 2 is 2.00 bits per heavy atom. The van der Waals surface area contributed by atoms with E-state index in [9.17, 15) is 22.7 Å². The first-order chi connectivity index (χ1) is 23.0. The number of benzene rings is 3. The number of nitrogens with zero attached hydrogens (tertiary/aromatic N) is 4. The summed E-state index contributed by atoms with van der Waals surface area (Å²) >= 11 is 6.80. The Morgan fingerprint density at radius 1 is 1.17 bits per heavy atom. The number of phenols is 1. The van der Waals surface area contributed by atoms with E-state index in [-0.39, 0.29) is 87.6 Å². The smallest absolute Gasteiger partial charge is 0.319 e. The summed E-state index contributed by atoms with van der Waals surface area (Å²) in [5.41, 5.74) is -2.51. The van der Waals surface area contributed by atoms with Gasteiger partial charge in [0.05, 0.1) is 21.7 Å². The molecule has 2 bridgehead atoms. The molecule has 4 aromatic rings. The van der Waals surface area contributed by atoms with Gasteiger partial charge in [0.2, 0.25) is 0 Å². The van der Waals surface area contributed by atoms with Crippen molar-refractivity contribution < 1.29 is 31.8 Å². The Labute approximate surface area is 278 Å². The van der Waals surface area contributed by atoms with Crippen LogP contribution in [0.1, 0.15) is 37.7 Å². The molecule has 4 aliphatic rings. The average molecular weight is 684 g/mol. The summed E-state index contributed by atoms with van der Waals surface area (Å²) in [5.74, 6) is 0.639. The van der Waals surface area contributed by atoms with Gasteiger partial charge < -0.3 is 20.1 Å². The van der Waals surface area contributed by atoms with E-state index in [1.54, 1.807) is 4.90 Å². The molecule has 13 heteroatoms. The highest BCUT2D eigenvalue weighted by Crippen LogP contribution is 2.46. The fraction of sp³-hybridized carbons (Fsp3) is 0.429. The number of terminal acetylenes is 1. The normalized spacial score (nSPS) is 26.9. The number of fused-ring (bicyclic) bond motifs is 5. The van der Waals surface area contributed by atoms with E-state index in [0.29, 0.717) is 24.9 Å². The van der Waals surface area contributed by atoms with Crippen molar-refractivity contribution in [3.05, 3.63) is 52.6 Å². The largest absolute Gasteiger partial charge is 0.508 e. The molecule has 0 radical (unpaired) electrons. The number of halogens is 6. The molecule has 0 aliphatic carbocycles. The average Bonchev–Trinajstić information content (AvgIpc) is 3.69. The van der Waals surface area contributed by atoms with Crippen LogP contribution < -0.4 is 15.0 Å². The van der Waals surface area contributed by atoms with Crippen molar-refractivity contribution in [1.29, 1.82) is 0 Å². The van der Waals surface area contributed by atoms with Gasteiger partial charge in [0.25, 0.3) is 6.43 Å². The van der Waals surface area contributed by atoms with Crippen LogP contribution in [0.3, 0.4) is 0 Å². The lowest BCUT2D eigenvalue weighted by molar-refractivity contribution is 0.0367. The van der Waals surface area contributed by atoms with Crippen LogP contribution in [0.5, 0.6) is 11.8 Å². The van der Waals surface area contributed by atoms with Gasteiger partial charge in [-0.15, -0.1) is 6.42 Å². The molecule has 4 aliphatic heterocycles. The van der Waals surface area contributed by atoms with Gasteiger partial charge in [0.1, 0.15) is 35.7 Å². The summed E-state index contributed by atoms with van der Waals surface area (Å²) in [7, 11) is 0. The van der Waals surface area contributed by atoms with Crippen LogP contribution in [0, 0.1) is 24.0 Å². The number of aromatic hydroxyl groups is 1. The van der Waals surface area contributed by atoms with Crippen molar-refractivity contribution >= 4 is 39.1 Å². The van der Waals surface area contributed by atoms with E-state index in [4.69, 9.17) is 22.8 Å². The van der Waals surface area contributed by atoms with Crippen molar-refractivity contribution in [2.24, 2.45) is 0 Å². The Balaban J connectivity index is 1.31. The zero-order chi connectivity index (χ0) is 33.5. The zero-order valence-corrected chi connectivity index (χ0v) is 26.4. The van der Waals surface area contributed by atoms with Crippen LogP contribution >= 0.6 is 11.6 Å². The maximum atomic E-state index is 17.0. The number of hydrogen-bond acceptors (Lipinski definition) is 7.